The molecule has 1 aromatic heterocycles. The first-order valence-corrected chi connectivity index (χ1v) is 7.31. The molecule has 0 spiro atoms. The van der Waals surface area contributed by atoms with Crippen molar-refractivity contribution in [2.45, 2.75) is 6.54 Å². The zero-order chi connectivity index (χ0) is 15.4. The van der Waals surface area contributed by atoms with Crippen LogP contribution in [0.5, 0.6) is 0 Å². The molecule has 0 bridgehead atoms. The highest BCUT2D eigenvalue weighted by atomic mass is 16.3. The Morgan fingerprint density at radius 2 is 1.91 bits per heavy atom. The maximum Gasteiger partial charge on any atom is 0.289 e. The van der Waals surface area contributed by atoms with Gasteiger partial charge in [-0.2, -0.15) is 5.26 Å². The number of nitriles is 1. The predicted molar refractivity (Wildman–Crippen MR) is 81.0 cm³/mol. The Morgan fingerprint density at radius 1 is 1.14 bits per heavy atom. The summed E-state index contributed by atoms with van der Waals surface area (Å²) in [4.78, 5) is 16.3. The molecule has 1 amide bonds. The van der Waals surface area contributed by atoms with Gasteiger partial charge in [-0.1, -0.05) is 18.2 Å². The smallest absolute Gasteiger partial charge is 0.289 e. The van der Waals surface area contributed by atoms with E-state index in [1.165, 1.54) is 6.26 Å². The van der Waals surface area contributed by atoms with E-state index in [9.17, 15) is 4.79 Å². The van der Waals surface area contributed by atoms with Crippen molar-refractivity contribution in [3.63, 3.8) is 0 Å². The van der Waals surface area contributed by atoms with Gasteiger partial charge in [0, 0.05) is 32.7 Å². The van der Waals surface area contributed by atoms with E-state index in [0.717, 1.165) is 30.8 Å². The first-order valence-electron chi connectivity index (χ1n) is 7.31. The zero-order valence-corrected chi connectivity index (χ0v) is 12.2. The largest absolute Gasteiger partial charge is 0.459 e. The Balaban J connectivity index is 1.58. The molecule has 5 heteroatoms. The van der Waals surface area contributed by atoms with Crippen molar-refractivity contribution in [1.29, 1.82) is 5.26 Å². The van der Waals surface area contributed by atoms with Gasteiger partial charge >= 0.3 is 0 Å². The minimum Gasteiger partial charge on any atom is -0.459 e. The highest BCUT2D eigenvalue weighted by Gasteiger charge is 2.23. The van der Waals surface area contributed by atoms with Crippen LogP contribution < -0.4 is 0 Å². The summed E-state index contributed by atoms with van der Waals surface area (Å²) in [5.74, 6) is 0.338. The maximum absolute atomic E-state index is 12.2. The quantitative estimate of drug-likeness (QED) is 0.870. The van der Waals surface area contributed by atoms with E-state index in [2.05, 4.69) is 11.0 Å². The lowest BCUT2D eigenvalue weighted by Gasteiger charge is -2.34. The number of carbonyl (C=O) groups excluding carboxylic acids is 1. The van der Waals surface area contributed by atoms with Crippen LogP contribution in [0.2, 0.25) is 0 Å². The monoisotopic (exact) mass is 295 g/mol. The van der Waals surface area contributed by atoms with E-state index in [4.69, 9.17) is 9.68 Å². The second-order valence-corrected chi connectivity index (χ2v) is 5.31. The summed E-state index contributed by atoms with van der Waals surface area (Å²) < 4.78 is 5.16. The van der Waals surface area contributed by atoms with Gasteiger partial charge in [0.2, 0.25) is 0 Å². The fourth-order valence-electron chi connectivity index (χ4n) is 2.67. The van der Waals surface area contributed by atoms with Crippen molar-refractivity contribution in [2.24, 2.45) is 0 Å². The van der Waals surface area contributed by atoms with Crippen LogP contribution in [0.1, 0.15) is 21.7 Å². The topological polar surface area (TPSA) is 60.5 Å². The molecular weight excluding hydrogens is 278 g/mol. The molecule has 0 atom stereocenters. The highest BCUT2D eigenvalue weighted by Crippen LogP contribution is 2.14. The first kappa shape index (κ1) is 14.4. The molecule has 1 fully saturated rings. The van der Waals surface area contributed by atoms with Crippen LogP contribution in [0.4, 0.5) is 0 Å². The van der Waals surface area contributed by atoms with Crippen molar-refractivity contribution in [3.8, 4) is 6.07 Å². The number of carbonyl (C=O) groups is 1. The molecule has 112 valence electrons. The second kappa shape index (κ2) is 6.46. The standard InChI is InChI=1S/C17H17N3O2/c18-12-14-4-1-2-5-15(14)13-19-7-9-20(10-8-19)17(21)16-6-3-11-22-16/h1-6,11H,7-10,13H2. The van der Waals surface area contributed by atoms with Crippen LogP contribution in [-0.2, 0) is 6.54 Å². The molecule has 3 rings (SSSR count). The van der Waals surface area contributed by atoms with Crippen molar-refractivity contribution in [2.75, 3.05) is 26.2 Å². The van der Waals surface area contributed by atoms with Crippen LogP contribution in [0.3, 0.4) is 0 Å². The molecule has 0 unspecified atom stereocenters. The zero-order valence-electron chi connectivity index (χ0n) is 12.2. The van der Waals surface area contributed by atoms with Gasteiger partial charge in [0.15, 0.2) is 5.76 Å². The Morgan fingerprint density at radius 3 is 2.59 bits per heavy atom. The Bertz CT molecular complexity index is 680. The molecular formula is C17H17N3O2. The van der Waals surface area contributed by atoms with Crippen LogP contribution in [-0.4, -0.2) is 41.9 Å². The van der Waals surface area contributed by atoms with Gasteiger partial charge in [-0.3, -0.25) is 9.69 Å². The summed E-state index contributed by atoms with van der Waals surface area (Å²) in [5, 5.41) is 9.14. The van der Waals surface area contributed by atoms with E-state index in [1.54, 1.807) is 12.1 Å². The van der Waals surface area contributed by atoms with Gasteiger partial charge in [-0.15, -0.1) is 0 Å². The van der Waals surface area contributed by atoms with Crippen molar-refractivity contribution in [3.05, 3.63) is 59.5 Å². The number of benzene rings is 1. The minimum atomic E-state index is -0.0536. The van der Waals surface area contributed by atoms with Crippen LogP contribution in [0.15, 0.2) is 47.1 Å². The average molecular weight is 295 g/mol. The van der Waals surface area contributed by atoms with Gasteiger partial charge in [0.25, 0.3) is 5.91 Å². The molecule has 2 heterocycles. The Labute approximate surface area is 129 Å². The molecule has 5 nitrogen and oxygen atoms in total. The fraction of sp³-hybridized carbons (Fsp3) is 0.294. The summed E-state index contributed by atoms with van der Waals surface area (Å²) >= 11 is 0. The molecule has 1 aliphatic heterocycles. The average Bonchev–Trinajstić information content (AvgIpc) is 3.10. The lowest BCUT2D eigenvalue weighted by Crippen LogP contribution is -2.48. The molecule has 22 heavy (non-hydrogen) atoms. The van der Waals surface area contributed by atoms with Crippen molar-refractivity contribution in [1.82, 2.24) is 9.80 Å². The number of piperazine rings is 1. The van der Waals surface area contributed by atoms with E-state index in [0.29, 0.717) is 18.8 Å². The van der Waals surface area contributed by atoms with Gasteiger partial charge in [0.05, 0.1) is 17.9 Å². The summed E-state index contributed by atoms with van der Waals surface area (Å²) in [7, 11) is 0. The van der Waals surface area contributed by atoms with Crippen LogP contribution in [0, 0.1) is 11.3 Å². The lowest BCUT2D eigenvalue weighted by atomic mass is 10.1. The van der Waals surface area contributed by atoms with Gasteiger partial charge in [-0.05, 0) is 23.8 Å². The lowest BCUT2D eigenvalue weighted by molar-refractivity contribution is 0.0597. The molecule has 0 aliphatic carbocycles. The normalized spacial score (nSPS) is 15.5. The fourth-order valence-corrected chi connectivity index (χ4v) is 2.67. The van der Waals surface area contributed by atoms with Gasteiger partial charge in [0.1, 0.15) is 0 Å². The Hall–Kier alpha value is -2.58. The van der Waals surface area contributed by atoms with Gasteiger partial charge in [-0.25, -0.2) is 0 Å². The van der Waals surface area contributed by atoms with Crippen molar-refractivity contribution >= 4 is 5.91 Å². The molecule has 0 N–H and O–H groups in total. The molecule has 1 aromatic carbocycles. The molecule has 0 radical (unpaired) electrons. The summed E-state index contributed by atoms with van der Waals surface area (Å²) in [6, 6.07) is 13.3. The second-order valence-electron chi connectivity index (χ2n) is 5.31. The third-order valence-corrected chi connectivity index (χ3v) is 3.92. The molecule has 0 saturated carbocycles. The number of hydrogen-bond acceptors (Lipinski definition) is 4. The number of furan rings is 1. The summed E-state index contributed by atoms with van der Waals surface area (Å²) in [5.41, 5.74) is 1.76. The highest BCUT2D eigenvalue weighted by molar-refractivity contribution is 5.91. The minimum absolute atomic E-state index is 0.0536. The van der Waals surface area contributed by atoms with Gasteiger partial charge < -0.3 is 9.32 Å². The summed E-state index contributed by atoms with van der Waals surface area (Å²) in [6.07, 6.45) is 1.52. The Kier molecular flexibility index (Phi) is 4.22. The number of rotatable bonds is 3. The van der Waals surface area contributed by atoms with Crippen molar-refractivity contribution < 1.29 is 9.21 Å². The SMILES string of the molecule is N#Cc1ccccc1CN1CCN(C(=O)c2ccco2)CC1. The van der Waals surface area contributed by atoms with E-state index < -0.39 is 0 Å². The third-order valence-electron chi connectivity index (χ3n) is 3.92. The first-order chi connectivity index (χ1) is 10.8. The number of nitrogens with zero attached hydrogens (tertiary/aromatic N) is 3. The predicted octanol–water partition coefficient (Wildman–Crippen LogP) is 2.11. The van der Waals surface area contributed by atoms with E-state index >= 15 is 0 Å². The van der Waals surface area contributed by atoms with Crippen LogP contribution >= 0.6 is 0 Å². The third kappa shape index (κ3) is 3.02. The molecule has 1 aliphatic rings. The molecule has 2 aromatic rings. The number of amides is 1. The maximum atomic E-state index is 12.2. The number of hydrogen-bond donors (Lipinski definition) is 0. The van der Waals surface area contributed by atoms with Crippen LogP contribution in [0.25, 0.3) is 0 Å². The van der Waals surface area contributed by atoms with E-state index in [1.807, 2.05) is 29.2 Å². The molecule has 1 saturated heterocycles. The van der Waals surface area contributed by atoms with E-state index in [-0.39, 0.29) is 5.91 Å². The summed E-state index contributed by atoms with van der Waals surface area (Å²) in [6.45, 7) is 3.69.